The van der Waals surface area contributed by atoms with Crippen molar-refractivity contribution in [3.05, 3.63) is 41.5 Å². The number of hydrogen-bond donors (Lipinski definition) is 2. The molecule has 108 valence electrons. The van der Waals surface area contributed by atoms with Crippen molar-refractivity contribution in [2.75, 3.05) is 6.61 Å². The number of rotatable bonds is 4. The molecule has 0 aromatic heterocycles. The Labute approximate surface area is 116 Å². The predicted octanol–water partition coefficient (Wildman–Crippen LogP) is 2.40. The third kappa shape index (κ3) is 3.22. The summed E-state index contributed by atoms with van der Waals surface area (Å²) in [6, 6.07) is 3.53. The van der Waals surface area contributed by atoms with Crippen molar-refractivity contribution in [2.45, 2.75) is 31.2 Å². The van der Waals surface area contributed by atoms with E-state index in [1.165, 1.54) is 6.07 Å². The minimum Gasteiger partial charge on any atom is -0.394 e. The zero-order chi connectivity index (χ0) is 14.6. The van der Waals surface area contributed by atoms with E-state index in [2.05, 4.69) is 5.32 Å². The van der Waals surface area contributed by atoms with E-state index in [0.29, 0.717) is 0 Å². The molecule has 0 unspecified atom stereocenters. The smallest absolute Gasteiger partial charge is 0.244 e. The molecule has 1 aromatic rings. The van der Waals surface area contributed by atoms with Crippen LogP contribution in [0.1, 0.15) is 31.2 Å². The first kappa shape index (κ1) is 14.7. The standard InChI is InChI=1S/C15H17F2NO2/c16-12-4-3-5-13(17)11(12)6-7-14(20)18-15(10-19)8-1-2-9-15/h3-7,19H,1-2,8-10H2,(H,18,20)/b7-6+. The van der Waals surface area contributed by atoms with E-state index < -0.39 is 23.1 Å². The van der Waals surface area contributed by atoms with Gasteiger partial charge >= 0.3 is 0 Å². The Morgan fingerprint density at radius 2 is 1.90 bits per heavy atom. The van der Waals surface area contributed by atoms with E-state index in [0.717, 1.165) is 50.0 Å². The lowest BCUT2D eigenvalue weighted by Crippen LogP contribution is -2.48. The van der Waals surface area contributed by atoms with Crippen LogP contribution in [0.15, 0.2) is 24.3 Å². The molecule has 3 nitrogen and oxygen atoms in total. The molecule has 0 saturated heterocycles. The Hall–Kier alpha value is -1.75. The van der Waals surface area contributed by atoms with Crippen LogP contribution in [0, 0.1) is 11.6 Å². The highest BCUT2D eigenvalue weighted by molar-refractivity contribution is 5.92. The summed E-state index contributed by atoms with van der Waals surface area (Å²) >= 11 is 0. The zero-order valence-electron chi connectivity index (χ0n) is 11.0. The van der Waals surface area contributed by atoms with E-state index in [4.69, 9.17) is 0 Å². The third-order valence-corrected chi connectivity index (χ3v) is 3.65. The van der Waals surface area contributed by atoms with Crippen LogP contribution in [0.3, 0.4) is 0 Å². The SMILES string of the molecule is O=C(/C=C/c1c(F)cccc1F)NC1(CO)CCCC1. The molecule has 2 N–H and O–H groups in total. The molecule has 2 rings (SSSR count). The van der Waals surface area contributed by atoms with Crippen LogP contribution in [0.5, 0.6) is 0 Å². The van der Waals surface area contributed by atoms with Gasteiger partial charge in [0.15, 0.2) is 0 Å². The maximum Gasteiger partial charge on any atom is 0.244 e. The Morgan fingerprint density at radius 3 is 2.45 bits per heavy atom. The molecule has 0 bridgehead atoms. The molecule has 0 aliphatic heterocycles. The van der Waals surface area contributed by atoms with Gasteiger partial charge in [0.05, 0.1) is 12.1 Å². The van der Waals surface area contributed by atoms with Crippen LogP contribution >= 0.6 is 0 Å². The first-order chi connectivity index (χ1) is 9.56. The number of amides is 1. The molecule has 1 amide bonds. The third-order valence-electron chi connectivity index (χ3n) is 3.65. The quantitative estimate of drug-likeness (QED) is 0.833. The fourth-order valence-electron chi connectivity index (χ4n) is 2.51. The zero-order valence-corrected chi connectivity index (χ0v) is 11.0. The fraction of sp³-hybridized carbons (Fsp3) is 0.400. The van der Waals surface area contributed by atoms with E-state index in [1.807, 2.05) is 0 Å². The molecule has 0 radical (unpaired) electrons. The molecular weight excluding hydrogens is 264 g/mol. The fourth-order valence-corrected chi connectivity index (χ4v) is 2.51. The molecular formula is C15H17F2NO2. The number of carbonyl (C=O) groups is 1. The molecule has 1 aliphatic rings. The molecule has 0 spiro atoms. The molecule has 1 aliphatic carbocycles. The largest absolute Gasteiger partial charge is 0.394 e. The van der Waals surface area contributed by atoms with Crippen LogP contribution in [-0.2, 0) is 4.79 Å². The summed E-state index contributed by atoms with van der Waals surface area (Å²) in [6.45, 7) is -0.124. The Morgan fingerprint density at radius 1 is 1.30 bits per heavy atom. The van der Waals surface area contributed by atoms with Crippen molar-refractivity contribution in [1.29, 1.82) is 0 Å². The van der Waals surface area contributed by atoms with Gasteiger partial charge in [0.1, 0.15) is 11.6 Å². The van der Waals surface area contributed by atoms with Gasteiger partial charge in [-0.3, -0.25) is 4.79 Å². The topological polar surface area (TPSA) is 49.3 Å². The first-order valence-corrected chi connectivity index (χ1v) is 6.61. The van der Waals surface area contributed by atoms with Crippen molar-refractivity contribution >= 4 is 12.0 Å². The second kappa shape index (κ2) is 6.13. The molecule has 1 aromatic carbocycles. The number of aliphatic hydroxyl groups excluding tert-OH is 1. The van der Waals surface area contributed by atoms with Gasteiger partial charge in [-0.25, -0.2) is 8.78 Å². The number of aliphatic hydroxyl groups is 1. The van der Waals surface area contributed by atoms with E-state index >= 15 is 0 Å². The molecule has 1 fully saturated rings. The monoisotopic (exact) mass is 281 g/mol. The lowest BCUT2D eigenvalue weighted by atomic mass is 9.99. The Kier molecular flexibility index (Phi) is 4.49. The van der Waals surface area contributed by atoms with E-state index in [-0.39, 0.29) is 12.2 Å². The second-order valence-corrected chi connectivity index (χ2v) is 5.10. The van der Waals surface area contributed by atoms with Gasteiger partial charge < -0.3 is 10.4 Å². The van der Waals surface area contributed by atoms with Crippen LogP contribution in [-0.4, -0.2) is 23.2 Å². The summed E-state index contributed by atoms with van der Waals surface area (Å²) in [5.74, 6) is -1.89. The molecule has 0 atom stereocenters. The van der Waals surface area contributed by atoms with Crippen LogP contribution in [0.2, 0.25) is 0 Å². The lowest BCUT2D eigenvalue weighted by molar-refractivity contribution is -0.118. The number of halogens is 2. The number of benzene rings is 1. The molecule has 1 saturated carbocycles. The summed E-state index contributed by atoms with van der Waals surface area (Å²) in [6.07, 6.45) is 5.55. The minimum absolute atomic E-state index is 0.124. The van der Waals surface area contributed by atoms with Crippen molar-refractivity contribution in [3.8, 4) is 0 Å². The van der Waals surface area contributed by atoms with E-state index in [9.17, 15) is 18.7 Å². The molecule has 0 heterocycles. The summed E-state index contributed by atoms with van der Waals surface area (Å²) in [7, 11) is 0. The average Bonchev–Trinajstić information content (AvgIpc) is 2.87. The second-order valence-electron chi connectivity index (χ2n) is 5.10. The number of nitrogens with one attached hydrogen (secondary N) is 1. The van der Waals surface area contributed by atoms with Gasteiger partial charge in [-0.1, -0.05) is 18.9 Å². The highest BCUT2D eigenvalue weighted by Crippen LogP contribution is 2.29. The summed E-state index contributed by atoms with van der Waals surface area (Å²) in [4.78, 5) is 11.8. The van der Waals surface area contributed by atoms with Gasteiger partial charge in [-0.2, -0.15) is 0 Å². The van der Waals surface area contributed by atoms with Crippen LogP contribution in [0.4, 0.5) is 8.78 Å². The van der Waals surface area contributed by atoms with Crippen molar-refractivity contribution < 1.29 is 18.7 Å². The molecule has 20 heavy (non-hydrogen) atoms. The number of hydrogen-bond acceptors (Lipinski definition) is 2. The Bertz CT molecular complexity index is 502. The van der Waals surface area contributed by atoms with Gasteiger partial charge in [0.25, 0.3) is 0 Å². The van der Waals surface area contributed by atoms with Crippen LogP contribution < -0.4 is 5.32 Å². The van der Waals surface area contributed by atoms with Gasteiger partial charge in [-0.05, 0) is 31.1 Å². The highest BCUT2D eigenvalue weighted by atomic mass is 19.1. The van der Waals surface area contributed by atoms with Crippen molar-refractivity contribution in [1.82, 2.24) is 5.32 Å². The van der Waals surface area contributed by atoms with Gasteiger partial charge in [-0.15, -0.1) is 0 Å². The van der Waals surface area contributed by atoms with Crippen LogP contribution in [0.25, 0.3) is 6.08 Å². The summed E-state index contributed by atoms with van der Waals surface area (Å²) in [5.41, 5.74) is -0.832. The minimum atomic E-state index is -0.716. The van der Waals surface area contributed by atoms with Crippen molar-refractivity contribution in [2.24, 2.45) is 0 Å². The first-order valence-electron chi connectivity index (χ1n) is 6.61. The van der Waals surface area contributed by atoms with E-state index in [1.54, 1.807) is 0 Å². The molecule has 5 heteroatoms. The van der Waals surface area contributed by atoms with Crippen molar-refractivity contribution in [3.63, 3.8) is 0 Å². The number of carbonyl (C=O) groups excluding carboxylic acids is 1. The predicted molar refractivity (Wildman–Crippen MR) is 71.8 cm³/mol. The highest BCUT2D eigenvalue weighted by Gasteiger charge is 2.33. The maximum absolute atomic E-state index is 13.4. The Balaban J connectivity index is 2.06. The maximum atomic E-state index is 13.4. The summed E-state index contributed by atoms with van der Waals surface area (Å²) < 4.78 is 26.8. The average molecular weight is 281 g/mol. The normalized spacial score (nSPS) is 17.6. The summed E-state index contributed by atoms with van der Waals surface area (Å²) in [5, 5.41) is 12.1. The lowest BCUT2D eigenvalue weighted by Gasteiger charge is -2.27. The van der Waals surface area contributed by atoms with Gasteiger partial charge in [0.2, 0.25) is 5.91 Å². The van der Waals surface area contributed by atoms with Gasteiger partial charge in [0, 0.05) is 11.6 Å².